The number of hydrogen-bond acceptors (Lipinski definition) is 0. The first-order chi connectivity index (χ1) is 0. The fourth-order valence-corrected chi connectivity index (χ4v) is 0. The Morgan fingerprint density at radius 2 is 0.667 bits per heavy atom. The Kier molecular flexibility index (Phi) is 608. The average Bonchev–Trinajstić information content (AvgIpc) is 0. The van der Waals surface area contributed by atoms with Crippen LogP contribution in [0.3, 0.4) is 0 Å². The Bertz CT molecular complexity index is 10.8. The van der Waals surface area contributed by atoms with Crippen molar-refractivity contribution in [3.8, 4) is 0 Å². The molecule has 6 heteroatoms. The molecule has 0 aliphatic heterocycles. The zero-order chi connectivity index (χ0) is 0. The van der Waals surface area contributed by atoms with E-state index >= 15 is 0 Å². The van der Waals surface area contributed by atoms with Crippen LogP contribution in [0, 0.1) is 40.4 Å². The molecule has 3 nitrogen and oxygen atoms in total. The van der Waals surface area contributed by atoms with E-state index in [-0.39, 0.29) is 98.7 Å². The van der Waals surface area contributed by atoms with E-state index in [1.807, 2.05) is 0 Å². The molecule has 27 valence electrons. The van der Waals surface area contributed by atoms with Gasteiger partial charge in [0.1, 0.15) is 0 Å². The molecule has 0 rings (SSSR count). The molecule has 6 heavy (non-hydrogen) atoms. The third-order valence-electron chi connectivity index (χ3n) is 0. The first kappa shape index (κ1) is 74.0. The first-order valence-electron chi connectivity index (χ1n) is 0. The molecule has 0 saturated carbocycles. The predicted molar refractivity (Wildman–Crippen MR) is 7.81 cm³/mol. The fourth-order valence-electron chi connectivity index (χ4n) is 0. The van der Waals surface area contributed by atoms with Gasteiger partial charge in [-0.25, -0.2) is 0 Å². The van der Waals surface area contributed by atoms with Crippen molar-refractivity contribution in [2.75, 3.05) is 0 Å². The van der Waals surface area contributed by atoms with Crippen molar-refractivity contribution in [3.63, 3.8) is 0 Å². The van der Waals surface area contributed by atoms with Gasteiger partial charge in [-0.2, -0.15) is 0 Å². The zero-order valence-electron chi connectivity index (χ0n) is 3.34. The van der Waals surface area contributed by atoms with E-state index in [2.05, 4.69) is 0 Å². The van der Waals surface area contributed by atoms with E-state index in [0.29, 0.717) is 0 Å². The van der Waals surface area contributed by atoms with Crippen LogP contribution in [0.2, 0.25) is 0 Å². The normalized spacial score (nSPS) is 0. The Labute approximate surface area is 97.0 Å². The Hall–Kier alpha value is 2.58. The van der Waals surface area contributed by atoms with Crippen LogP contribution >= 0.6 is 0 Å². The van der Waals surface area contributed by atoms with Gasteiger partial charge in [-0.1, -0.05) is 0 Å². The van der Waals surface area contributed by atoms with Crippen LogP contribution in [-0.2, 0) is 16.4 Å². The summed E-state index contributed by atoms with van der Waals surface area (Å²) in [5.74, 6) is 0. The van der Waals surface area contributed by atoms with Gasteiger partial charge in [-0.3, -0.25) is 0 Å². The molecule has 0 aromatic carbocycles. The van der Waals surface area contributed by atoms with Crippen molar-refractivity contribution in [3.05, 3.63) is 0 Å². The summed E-state index contributed by atoms with van der Waals surface area (Å²) in [7, 11) is 0. The van der Waals surface area contributed by atoms with Crippen molar-refractivity contribution in [1.82, 2.24) is 0 Å². The third-order valence-corrected chi connectivity index (χ3v) is 0. The molecule has 0 unspecified atom stereocenters. The first-order valence-corrected chi connectivity index (χ1v) is 0. The Morgan fingerprint density at radius 1 is 0.667 bits per heavy atom. The molecule has 0 aromatic rings. The van der Waals surface area contributed by atoms with Gasteiger partial charge in [-0.15, -0.1) is 0 Å². The maximum Gasteiger partial charge on any atom is 3.00 e. The molecule has 0 amide bonds. The topological polar surface area (TPSA) is 85.5 Å². The van der Waals surface area contributed by atoms with Crippen LogP contribution < -0.4 is 18.9 Å². The molecule has 1 radical (unpaired) electrons. The van der Waals surface area contributed by atoms with Gasteiger partial charge in [0, 0.05) is 0 Å². The van der Waals surface area contributed by atoms with Crippen molar-refractivity contribution in [2.45, 2.75) is 0 Å². The van der Waals surface area contributed by atoms with Crippen LogP contribution in [0.5, 0.6) is 0 Å². The van der Waals surface area contributed by atoms with E-state index in [1.165, 1.54) is 0 Å². The van der Waals surface area contributed by atoms with E-state index in [4.69, 9.17) is 0 Å². The van der Waals surface area contributed by atoms with Crippen LogP contribution in [0.1, 0.15) is 0 Å². The minimum atomic E-state index is 0. The second-order valence-electron chi connectivity index (χ2n) is 0. The maximum absolute atomic E-state index is 0. The van der Waals surface area contributed by atoms with Gasteiger partial charge in [0.2, 0.25) is 0 Å². The molecule has 0 N–H and O–H groups in total. The summed E-state index contributed by atoms with van der Waals surface area (Å²) in [4.78, 5) is 0. The minimum Gasteiger partial charge on any atom is -2.00 e. The molecular formula is LiMgO3Sm. The summed E-state index contributed by atoms with van der Waals surface area (Å²) in [6.45, 7) is 0. The second kappa shape index (κ2) is 49.3. The third kappa shape index (κ3) is 30.8. The molecule has 0 aromatic heterocycles. The monoisotopic (exact) mass is 231 g/mol. The number of hydrogen-bond donors (Lipinski definition) is 0. The van der Waals surface area contributed by atoms with Crippen LogP contribution in [0.15, 0.2) is 0 Å². The smallest absolute Gasteiger partial charge is 2.00 e. The molecule has 0 aliphatic carbocycles. The molecule has 0 fully saturated rings. The van der Waals surface area contributed by atoms with Gasteiger partial charge in [0.15, 0.2) is 0 Å². The summed E-state index contributed by atoms with van der Waals surface area (Å²) in [6.07, 6.45) is 0. The van der Waals surface area contributed by atoms with E-state index in [0.717, 1.165) is 0 Å². The molecule has 0 heterocycles. The molecular weight excluding hydrogens is 230 g/mol. The van der Waals surface area contributed by atoms with E-state index in [1.54, 1.807) is 0 Å². The van der Waals surface area contributed by atoms with Gasteiger partial charge in [-0.05, 0) is 0 Å². The summed E-state index contributed by atoms with van der Waals surface area (Å²) < 4.78 is 0. The SMILES string of the molecule is [Li+].[Mg+2].[O-2].[O-2].[O-2].[Sm+3]. The summed E-state index contributed by atoms with van der Waals surface area (Å²) in [5, 5.41) is 0. The van der Waals surface area contributed by atoms with Crippen molar-refractivity contribution < 1.29 is 75.7 Å². The Morgan fingerprint density at radius 3 is 0.667 bits per heavy atom. The summed E-state index contributed by atoms with van der Waals surface area (Å²) in [6, 6.07) is 0. The van der Waals surface area contributed by atoms with Crippen LogP contribution in [0.4, 0.5) is 0 Å². The largest absolute Gasteiger partial charge is 3.00 e. The van der Waals surface area contributed by atoms with Gasteiger partial charge in [0.05, 0.1) is 0 Å². The van der Waals surface area contributed by atoms with Gasteiger partial charge in [0.25, 0.3) is 0 Å². The molecule has 0 saturated heterocycles. The van der Waals surface area contributed by atoms with E-state index < -0.39 is 0 Å². The minimum absolute atomic E-state index is 0. The number of rotatable bonds is 0. The van der Waals surface area contributed by atoms with Crippen LogP contribution in [0.25, 0.3) is 0 Å². The van der Waals surface area contributed by atoms with Crippen LogP contribution in [-0.4, -0.2) is 23.1 Å². The molecule has 0 spiro atoms. The Balaban J connectivity index is 0. The standard InChI is InChI=1S/Li.Mg.3O.Sm/q+1;+2;3*-2;+3. The van der Waals surface area contributed by atoms with Crippen molar-refractivity contribution in [2.24, 2.45) is 0 Å². The van der Waals surface area contributed by atoms with E-state index in [9.17, 15) is 0 Å². The van der Waals surface area contributed by atoms with Gasteiger partial charge < -0.3 is 16.4 Å². The maximum atomic E-state index is 0. The fraction of sp³-hybridized carbons (Fsp3) is 0. The summed E-state index contributed by atoms with van der Waals surface area (Å²) >= 11 is 0. The molecule has 0 aliphatic rings. The second-order valence-corrected chi connectivity index (χ2v) is 0. The van der Waals surface area contributed by atoms with Crippen molar-refractivity contribution >= 4 is 23.1 Å². The predicted octanol–water partition coefficient (Wildman–Crippen LogP) is -3.73. The zero-order valence-corrected chi connectivity index (χ0v) is 7.37. The van der Waals surface area contributed by atoms with Gasteiger partial charge >= 0.3 is 82.3 Å². The molecule has 0 atom stereocenters. The molecule has 0 bridgehead atoms. The van der Waals surface area contributed by atoms with Crippen molar-refractivity contribution in [1.29, 1.82) is 0 Å². The quantitative estimate of drug-likeness (QED) is 0.383. The summed E-state index contributed by atoms with van der Waals surface area (Å²) in [5.41, 5.74) is 0. The average molecular weight is 230 g/mol.